The fourth-order valence-corrected chi connectivity index (χ4v) is 0.969. The second-order valence-electron chi connectivity index (χ2n) is 4.38. The summed E-state index contributed by atoms with van der Waals surface area (Å²) in [6.07, 6.45) is 4.19. The van der Waals surface area contributed by atoms with Crippen LogP contribution in [0.15, 0.2) is 12.7 Å². The van der Waals surface area contributed by atoms with E-state index in [4.69, 9.17) is 4.74 Å². The van der Waals surface area contributed by atoms with E-state index in [1.165, 1.54) is 0 Å². The Morgan fingerprint density at radius 2 is 2.00 bits per heavy atom. The van der Waals surface area contributed by atoms with Crippen LogP contribution in [0.25, 0.3) is 0 Å². The van der Waals surface area contributed by atoms with Crippen LogP contribution in [-0.2, 0) is 4.74 Å². The third kappa shape index (κ3) is 7.80. The molecular formula is C11H22O. The van der Waals surface area contributed by atoms with Crippen LogP contribution in [0.4, 0.5) is 0 Å². The third-order valence-corrected chi connectivity index (χ3v) is 1.71. The lowest BCUT2D eigenvalue weighted by atomic mass is 10.0. The lowest BCUT2D eigenvalue weighted by molar-refractivity contribution is -0.00834. The van der Waals surface area contributed by atoms with Gasteiger partial charge in [0.2, 0.25) is 0 Å². The molecule has 0 bridgehead atoms. The minimum atomic E-state index is 0.00784. The molecule has 0 aliphatic rings. The molecule has 0 rings (SSSR count). The van der Waals surface area contributed by atoms with E-state index in [1.54, 1.807) is 0 Å². The molecule has 0 amide bonds. The lowest BCUT2D eigenvalue weighted by Crippen LogP contribution is -2.20. The molecule has 0 aromatic rings. The van der Waals surface area contributed by atoms with Crippen molar-refractivity contribution in [3.05, 3.63) is 12.7 Å². The second-order valence-corrected chi connectivity index (χ2v) is 4.38. The number of ether oxygens (including phenoxy) is 1. The van der Waals surface area contributed by atoms with E-state index in [9.17, 15) is 0 Å². The third-order valence-electron chi connectivity index (χ3n) is 1.71. The van der Waals surface area contributed by atoms with E-state index >= 15 is 0 Å². The number of hydrogen-bond donors (Lipinski definition) is 0. The molecule has 0 fully saturated rings. The fraction of sp³-hybridized carbons (Fsp3) is 0.818. The Labute approximate surface area is 76.8 Å². The van der Waals surface area contributed by atoms with Crippen LogP contribution in [0.2, 0.25) is 0 Å². The van der Waals surface area contributed by atoms with Gasteiger partial charge in [0, 0.05) is 6.61 Å². The van der Waals surface area contributed by atoms with Crippen molar-refractivity contribution in [2.45, 2.75) is 46.1 Å². The Kier molecular flexibility index (Phi) is 5.23. The highest BCUT2D eigenvalue weighted by atomic mass is 16.5. The van der Waals surface area contributed by atoms with Crippen LogP contribution in [0, 0.1) is 5.92 Å². The fourth-order valence-electron chi connectivity index (χ4n) is 0.969. The molecule has 0 spiro atoms. The SMILES string of the molecule is C=CCC(C)CCOC(C)(C)C. The van der Waals surface area contributed by atoms with Gasteiger partial charge in [0.05, 0.1) is 5.60 Å². The summed E-state index contributed by atoms with van der Waals surface area (Å²) < 4.78 is 5.61. The minimum absolute atomic E-state index is 0.00784. The van der Waals surface area contributed by atoms with Gasteiger partial charge in [0.25, 0.3) is 0 Å². The van der Waals surface area contributed by atoms with Crippen LogP contribution in [-0.4, -0.2) is 12.2 Å². The summed E-state index contributed by atoms with van der Waals surface area (Å²) in [7, 11) is 0. The smallest absolute Gasteiger partial charge is 0.0598 e. The van der Waals surface area contributed by atoms with E-state index in [-0.39, 0.29) is 5.60 Å². The number of allylic oxidation sites excluding steroid dienone is 1. The van der Waals surface area contributed by atoms with Crippen LogP contribution >= 0.6 is 0 Å². The topological polar surface area (TPSA) is 9.23 Å². The largest absolute Gasteiger partial charge is 0.376 e. The summed E-state index contributed by atoms with van der Waals surface area (Å²) in [4.78, 5) is 0. The van der Waals surface area contributed by atoms with Gasteiger partial charge in [-0.05, 0) is 39.5 Å². The molecule has 0 saturated carbocycles. The first-order valence-corrected chi connectivity index (χ1v) is 4.70. The van der Waals surface area contributed by atoms with Crippen LogP contribution in [0.5, 0.6) is 0 Å². The first-order chi connectivity index (χ1) is 5.45. The first-order valence-electron chi connectivity index (χ1n) is 4.70. The average molecular weight is 170 g/mol. The monoisotopic (exact) mass is 170 g/mol. The molecule has 1 atom stereocenters. The maximum absolute atomic E-state index is 5.61. The maximum atomic E-state index is 5.61. The van der Waals surface area contributed by atoms with Gasteiger partial charge in [-0.1, -0.05) is 13.0 Å². The molecule has 12 heavy (non-hydrogen) atoms. The van der Waals surface area contributed by atoms with Crippen molar-refractivity contribution in [2.75, 3.05) is 6.61 Å². The number of rotatable bonds is 5. The van der Waals surface area contributed by atoms with Crippen molar-refractivity contribution in [3.8, 4) is 0 Å². The molecule has 0 aliphatic carbocycles. The molecule has 0 aromatic carbocycles. The zero-order valence-electron chi connectivity index (χ0n) is 8.89. The maximum Gasteiger partial charge on any atom is 0.0598 e. The number of hydrogen-bond acceptors (Lipinski definition) is 1. The van der Waals surface area contributed by atoms with Crippen molar-refractivity contribution in [2.24, 2.45) is 5.92 Å². The standard InChI is InChI=1S/C11H22O/c1-6-7-10(2)8-9-12-11(3,4)5/h6,10H,1,7-9H2,2-5H3. The van der Waals surface area contributed by atoms with Crippen molar-refractivity contribution in [1.29, 1.82) is 0 Å². The predicted octanol–water partition coefficient (Wildman–Crippen LogP) is 3.40. The molecule has 72 valence electrons. The summed E-state index contributed by atoms with van der Waals surface area (Å²) in [6, 6.07) is 0. The van der Waals surface area contributed by atoms with E-state index in [1.807, 2.05) is 6.08 Å². The summed E-state index contributed by atoms with van der Waals surface area (Å²) in [6.45, 7) is 13.1. The van der Waals surface area contributed by atoms with Gasteiger partial charge in [-0.15, -0.1) is 6.58 Å². The zero-order chi connectivity index (χ0) is 9.61. The average Bonchev–Trinajstić information content (AvgIpc) is 1.84. The van der Waals surface area contributed by atoms with E-state index in [0.717, 1.165) is 19.4 Å². The Bertz CT molecular complexity index is 121. The quantitative estimate of drug-likeness (QED) is 0.575. The summed E-state index contributed by atoms with van der Waals surface area (Å²) in [5.41, 5.74) is 0.00784. The first kappa shape index (κ1) is 11.7. The molecule has 1 unspecified atom stereocenters. The van der Waals surface area contributed by atoms with Gasteiger partial charge in [-0.2, -0.15) is 0 Å². The van der Waals surface area contributed by atoms with Crippen molar-refractivity contribution < 1.29 is 4.74 Å². The molecule has 1 heteroatoms. The Morgan fingerprint density at radius 1 is 1.42 bits per heavy atom. The Morgan fingerprint density at radius 3 is 2.42 bits per heavy atom. The van der Waals surface area contributed by atoms with E-state index in [2.05, 4.69) is 34.3 Å². The summed E-state index contributed by atoms with van der Waals surface area (Å²) >= 11 is 0. The van der Waals surface area contributed by atoms with Gasteiger partial charge >= 0.3 is 0 Å². The van der Waals surface area contributed by atoms with Crippen molar-refractivity contribution in [1.82, 2.24) is 0 Å². The molecule has 0 saturated heterocycles. The van der Waals surface area contributed by atoms with Crippen molar-refractivity contribution in [3.63, 3.8) is 0 Å². The minimum Gasteiger partial charge on any atom is -0.376 e. The normalized spacial score (nSPS) is 14.3. The highest BCUT2D eigenvalue weighted by Crippen LogP contribution is 2.12. The Hall–Kier alpha value is -0.300. The van der Waals surface area contributed by atoms with Gasteiger partial charge in [-0.3, -0.25) is 0 Å². The molecule has 0 heterocycles. The second kappa shape index (κ2) is 5.36. The van der Waals surface area contributed by atoms with Gasteiger partial charge in [0.15, 0.2) is 0 Å². The predicted molar refractivity (Wildman–Crippen MR) is 54.3 cm³/mol. The Balaban J connectivity index is 3.36. The van der Waals surface area contributed by atoms with Crippen LogP contribution < -0.4 is 0 Å². The highest BCUT2D eigenvalue weighted by Gasteiger charge is 2.10. The molecular weight excluding hydrogens is 148 g/mol. The van der Waals surface area contributed by atoms with Crippen LogP contribution in [0.3, 0.4) is 0 Å². The molecule has 0 aliphatic heterocycles. The van der Waals surface area contributed by atoms with Gasteiger partial charge < -0.3 is 4.74 Å². The molecule has 0 N–H and O–H groups in total. The van der Waals surface area contributed by atoms with Crippen molar-refractivity contribution >= 4 is 0 Å². The van der Waals surface area contributed by atoms with Gasteiger partial charge in [0.1, 0.15) is 0 Å². The van der Waals surface area contributed by atoms with Gasteiger partial charge in [-0.25, -0.2) is 0 Å². The molecule has 1 nitrogen and oxygen atoms in total. The zero-order valence-corrected chi connectivity index (χ0v) is 8.89. The molecule has 0 aromatic heterocycles. The lowest BCUT2D eigenvalue weighted by Gasteiger charge is -2.20. The summed E-state index contributed by atoms with van der Waals surface area (Å²) in [5.74, 6) is 0.699. The van der Waals surface area contributed by atoms with E-state index in [0.29, 0.717) is 5.92 Å². The molecule has 0 radical (unpaired) electrons. The van der Waals surface area contributed by atoms with E-state index < -0.39 is 0 Å². The van der Waals surface area contributed by atoms with Crippen LogP contribution in [0.1, 0.15) is 40.5 Å². The highest BCUT2D eigenvalue weighted by molar-refractivity contribution is 4.70. The summed E-state index contributed by atoms with van der Waals surface area (Å²) in [5, 5.41) is 0.